The molecule has 15 heavy (non-hydrogen) atoms. The molecule has 0 amide bonds. The van der Waals surface area contributed by atoms with Gasteiger partial charge in [-0.25, -0.2) is 4.98 Å². The fourth-order valence-electron chi connectivity index (χ4n) is 1.33. The second kappa shape index (κ2) is 3.49. The van der Waals surface area contributed by atoms with Crippen molar-refractivity contribution in [3.8, 4) is 11.1 Å². The van der Waals surface area contributed by atoms with Crippen molar-refractivity contribution in [2.45, 2.75) is 0 Å². The maximum absolute atomic E-state index is 5.72. The lowest BCUT2D eigenvalue weighted by molar-refractivity contribution is 1.34. The number of nitrogens with zero attached hydrogens (tertiary/aromatic N) is 1. The molecule has 1 aromatic heterocycles. The van der Waals surface area contributed by atoms with Gasteiger partial charge in [0.1, 0.15) is 5.82 Å². The Labute approximate surface area is 87.7 Å². The third kappa shape index (κ3) is 1.83. The van der Waals surface area contributed by atoms with Crippen LogP contribution < -0.4 is 17.2 Å². The van der Waals surface area contributed by atoms with Crippen molar-refractivity contribution < 1.29 is 0 Å². The molecule has 4 heteroatoms. The summed E-state index contributed by atoms with van der Waals surface area (Å²) in [6.45, 7) is 0. The fraction of sp³-hybridized carbons (Fsp3) is 0. The minimum Gasteiger partial charge on any atom is -0.397 e. The summed E-state index contributed by atoms with van der Waals surface area (Å²) in [5.74, 6) is 0.502. The van der Waals surface area contributed by atoms with Gasteiger partial charge in [0.05, 0.1) is 11.4 Å². The summed E-state index contributed by atoms with van der Waals surface area (Å²) in [7, 11) is 0. The van der Waals surface area contributed by atoms with Gasteiger partial charge in [-0.15, -0.1) is 0 Å². The molecule has 0 fully saturated rings. The highest BCUT2D eigenvalue weighted by atomic mass is 14.8. The van der Waals surface area contributed by atoms with Gasteiger partial charge in [-0.2, -0.15) is 0 Å². The van der Waals surface area contributed by atoms with Crippen LogP contribution in [0.4, 0.5) is 17.2 Å². The number of hydrogen-bond acceptors (Lipinski definition) is 4. The van der Waals surface area contributed by atoms with Gasteiger partial charge in [-0.05, 0) is 29.8 Å². The normalized spacial score (nSPS) is 10.1. The molecular weight excluding hydrogens is 188 g/mol. The number of aromatic nitrogens is 1. The van der Waals surface area contributed by atoms with Crippen LogP contribution >= 0.6 is 0 Å². The molecule has 0 atom stereocenters. The van der Waals surface area contributed by atoms with Gasteiger partial charge < -0.3 is 17.2 Å². The van der Waals surface area contributed by atoms with Crippen LogP contribution in [0.5, 0.6) is 0 Å². The molecule has 0 saturated heterocycles. The summed E-state index contributed by atoms with van der Waals surface area (Å²) < 4.78 is 0. The van der Waals surface area contributed by atoms with E-state index in [1.165, 1.54) is 0 Å². The Morgan fingerprint density at radius 1 is 0.800 bits per heavy atom. The summed E-state index contributed by atoms with van der Waals surface area (Å²) in [6.07, 6.45) is 1.71. The van der Waals surface area contributed by atoms with E-state index in [9.17, 15) is 0 Å². The molecule has 2 rings (SSSR count). The SMILES string of the molecule is Nc1ccc(-c2ccc(N)c(N)c2)cn1. The summed E-state index contributed by atoms with van der Waals surface area (Å²) in [5.41, 5.74) is 20.0. The molecule has 1 heterocycles. The van der Waals surface area contributed by atoms with Gasteiger partial charge in [0.2, 0.25) is 0 Å². The van der Waals surface area contributed by atoms with Crippen LogP contribution in [0.1, 0.15) is 0 Å². The van der Waals surface area contributed by atoms with Crippen LogP contribution in [0.25, 0.3) is 11.1 Å². The summed E-state index contributed by atoms with van der Waals surface area (Å²) in [4.78, 5) is 4.01. The van der Waals surface area contributed by atoms with Gasteiger partial charge in [0.25, 0.3) is 0 Å². The van der Waals surface area contributed by atoms with Gasteiger partial charge in [0, 0.05) is 11.8 Å². The smallest absolute Gasteiger partial charge is 0.123 e. The Hall–Kier alpha value is -2.23. The van der Waals surface area contributed by atoms with Crippen LogP contribution in [-0.4, -0.2) is 4.98 Å². The zero-order chi connectivity index (χ0) is 10.8. The Bertz CT molecular complexity index is 476. The van der Waals surface area contributed by atoms with Crippen molar-refractivity contribution in [1.29, 1.82) is 0 Å². The second-order valence-corrected chi connectivity index (χ2v) is 3.32. The zero-order valence-electron chi connectivity index (χ0n) is 8.14. The predicted octanol–water partition coefficient (Wildman–Crippen LogP) is 1.50. The van der Waals surface area contributed by atoms with E-state index in [4.69, 9.17) is 17.2 Å². The topological polar surface area (TPSA) is 91.0 Å². The average Bonchev–Trinajstić information content (AvgIpc) is 2.23. The maximum atomic E-state index is 5.72. The van der Waals surface area contributed by atoms with E-state index in [0.717, 1.165) is 11.1 Å². The van der Waals surface area contributed by atoms with E-state index in [1.54, 1.807) is 18.3 Å². The van der Waals surface area contributed by atoms with E-state index in [1.807, 2.05) is 18.2 Å². The molecule has 0 spiro atoms. The van der Waals surface area contributed by atoms with E-state index < -0.39 is 0 Å². The number of nitrogens with two attached hydrogens (primary N) is 3. The summed E-state index contributed by atoms with van der Waals surface area (Å²) >= 11 is 0. The highest BCUT2D eigenvalue weighted by Gasteiger charge is 2.00. The standard InChI is InChI=1S/C11H12N4/c12-9-3-1-7(5-10(9)13)8-2-4-11(14)15-6-8/h1-6H,12-13H2,(H2,14,15). The number of pyridine rings is 1. The first-order valence-electron chi connectivity index (χ1n) is 4.54. The average molecular weight is 200 g/mol. The number of nitrogen functional groups attached to an aromatic ring is 3. The predicted molar refractivity (Wildman–Crippen MR) is 62.9 cm³/mol. The number of anilines is 3. The molecule has 0 bridgehead atoms. The van der Waals surface area contributed by atoms with Gasteiger partial charge in [0.15, 0.2) is 0 Å². The first-order valence-corrected chi connectivity index (χ1v) is 4.54. The monoisotopic (exact) mass is 200 g/mol. The van der Waals surface area contributed by atoms with E-state index in [2.05, 4.69) is 4.98 Å². The van der Waals surface area contributed by atoms with E-state index in [0.29, 0.717) is 17.2 Å². The number of hydrogen-bond donors (Lipinski definition) is 3. The fourth-order valence-corrected chi connectivity index (χ4v) is 1.33. The lowest BCUT2D eigenvalue weighted by Gasteiger charge is -2.04. The number of benzene rings is 1. The van der Waals surface area contributed by atoms with Crippen LogP contribution in [0, 0.1) is 0 Å². The van der Waals surface area contributed by atoms with Crippen LogP contribution in [0.15, 0.2) is 36.5 Å². The van der Waals surface area contributed by atoms with Gasteiger partial charge >= 0.3 is 0 Å². The third-order valence-corrected chi connectivity index (χ3v) is 2.21. The molecule has 0 unspecified atom stereocenters. The molecule has 6 N–H and O–H groups in total. The third-order valence-electron chi connectivity index (χ3n) is 2.21. The largest absolute Gasteiger partial charge is 0.397 e. The quantitative estimate of drug-likeness (QED) is 0.608. The Kier molecular flexibility index (Phi) is 2.17. The summed E-state index contributed by atoms with van der Waals surface area (Å²) in [5, 5.41) is 0. The Balaban J connectivity index is 2.45. The minimum atomic E-state index is 0.502. The molecule has 4 nitrogen and oxygen atoms in total. The Morgan fingerprint density at radius 3 is 2.13 bits per heavy atom. The second-order valence-electron chi connectivity index (χ2n) is 3.32. The van der Waals surface area contributed by atoms with Crippen molar-refractivity contribution in [1.82, 2.24) is 4.98 Å². The van der Waals surface area contributed by atoms with Crippen molar-refractivity contribution >= 4 is 17.2 Å². The number of rotatable bonds is 1. The van der Waals surface area contributed by atoms with Crippen molar-refractivity contribution in [3.05, 3.63) is 36.5 Å². The van der Waals surface area contributed by atoms with E-state index >= 15 is 0 Å². The first-order chi connectivity index (χ1) is 7.16. The van der Waals surface area contributed by atoms with E-state index in [-0.39, 0.29) is 0 Å². The minimum absolute atomic E-state index is 0.502. The molecule has 0 aliphatic carbocycles. The molecule has 0 radical (unpaired) electrons. The van der Waals surface area contributed by atoms with Crippen molar-refractivity contribution in [2.75, 3.05) is 17.2 Å². The van der Waals surface area contributed by atoms with Gasteiger partial charge in [-0.1, -0.05) is 6.07 Å². The Morgan fingerprint density at radius 2 is 1.53 bits per heavy atom. The molecular formula is C11H12N4. The lowest BCUT2D eigenvalue weighted by Crippen LogP contribution is -1.94. The highest BCUT2D eigenvalue weighted by molar-refractivity contribution is 5.74. The molecule has 1 aromatic carbocycles. The first kappa shape index (κ1) is 9.33. The zero-order valence-corrected chi connectivity index (χ0v) is 8.14. The van der Waals surface area contributed by atoms with Gasteiger partial charge in [-0.3, -0.25) is 0 Å². The van der Waals surface area contributed by atoms with Crippen LogP contribution in [-0.2, 0) is 0 Å². The molecule has 0 aliphatic rings. The molecule has 76 valence electrons. The van der Waals surface area contributed by atoms with Crippen LogP contribution in [0.2, 0.25) is 0 Å². The molecule has 0 saturated carbocycles. The highest BCUT2D eigenvalue weighted by Crippen LogP contribution is 2.24. The summed E-state index contributed by atoms with van der Waals surface area (Å²) in [6, 6.07) is 9.15. The maximum Gasteiger partial charge on any atom is 0.123 e. The lowest BCUT2D eigenvalue weighted by atomic mass is 10.1. The van der Waals surface area contributed by atoms with Crippen LogP contribution in [0.3, 0.4) is 0 Å². The molecule has 2 aromatic rings. The van der Waals surface area contributed by atoms with Crippen molar-refractivity contribution in [3.63, 3.8) is 0 Å². The molecule has 0 aliphatic heterocycles. The van der Waals surface area contributed by atoms with Crippen molar-refractivity contribution in [2.24, 2.45) is 0 Å².